The van der Waals surface area contributed by atoms with Gasteiger partial charge in [-0.15, -0.1) is 0 Å². The van der Waals surface area contributed by atoms with Crippen molar-refractivity contribution < 1.29 is 22.7 Å². The fraction of sp³-hybridized carbons (Fsp3) is 0.600. The van der Waals surface area contributed by atoms with Gasteiger partial charge in [0.15, 0.2) is 6.10 Å². The molecular formula is C20H30N2O5S. The van der Waals surface area contributed by atoms with Crippen molar-refractivity contribution in [1.29, 1.82) is 0 Å². The van der Waals surface area contributed by atoms with Gasteiger partial charge < -0.3 is 10.1 Å². The van der Waals surface area contributed by atoms with Gasteiger partial charge in [-0.25, -0.2) is 17.5 Å². The molecule has 1 aromatic rings. The van der Waals surface area contributed by atoms with Gasteiger partial charge in [-0.3, -0.25) is 4.79 Å². The number of nitrogens with zero attached hydrogens (tertiary/aromatic N) is 1. The number of hydrogen-bond acceptors (Lipinski definition) is 5. The standard InChI is InChI=1S/C20H30N2O5S/c1-13-10-11-16(28(25,26)22(4)5)12-17(13)20(24)27-15(3)19(23)21-18-9-7-6-8-14(18)2/h10-12,14-15,18H,6-9H2,1-5H3,(H,21,23)/t14-,15+,18+/m0/s1. The maximum absolute atomic E-state index is 12.6. The Kier molecular flexibility index (Phi) is 7.22. The van der Waals surface area contributed by atoms with Gasteiger partial charge in [0.25, 0.3) is 5.91 Å². The number of carbonyl (C=O) groups is 2. The number of nitrogens with one attached hydrogen (secondary N) is 1. The Labute approximate surface area is 167 Å². The van der Waals surface area contributed by atoms with Crippen LogP contribution in [0.2, 0.25) is 0 Å². The summed E-state index contributed by atoms with van der Waals surface area (Å²) in [5, 5.41) is 2.97. The molecular weight excluding hydrogens is 380 g/mol. The lowest BCUT2D eigenvalue weighted by molar-refractivity contribution is -0.130. The molecule has 7 nitrogen and oxygen atoms in total. The van der Waals surface area contributed by atoms with Crippen molar-refractivity contribution in [2.24, 2.45) is 5.92 Å². The average molecular weight is 411 g/mol. The van der Waals surface area contributed by atoms with E-state index in [0.717, 1.165) is 23.6 Å². The molecule has 0 saturated heterocycles. The van der Waals surface area contributed by atoms with Crippen LogP contribution in [0.3, 0.4) is 0 Å². The second-order valence-electron chi connectivity index (χ2n) is 7.69. The van der Waals surface area contributed by atoms with Crippen LogP contribution in [0.25, 0.3) is 0 Å². The SMILES string of the molecule is Cc1ccc(S(=O)(=O)N(C)C)cc1C(=O)O[C@H](C)C(=O)N[C@@H]1CCCC[C@@H]1C. The number of carbonyl (C=O) groups excluding carboxylic acids is 2. The van der Waals surface area contributed by atoms with Gasteiger partial charge in [-0.05, 0) is 50.3 Å². The summed E-state index contributed by atoms with van der Waals surface area (Å²) in [5.74, 6) is -0.648. The Hall–Kier alpha value is -1.93. The lowest BCUT2D eigenvalue weighted by Crippen LogP contribution is -2.46. The topological polar surface area (TPSA) is 92.8 Å². The number of rotatable bonds is 6. The van der Waals surface area contributed by atoms with Gasteiger partial charge in [-0.1, -0.05) is 25.8 Å². The summed E-state index contributed by atoms with van der Waals surface area (Å²) in [4.78, 5) is 25.0. The third-order valence-corrected chi connectivity index (χ3v) is 7.11. The second kappa shape index (κ2) is 9.05. The molecule has 0 radical (unpaired) electrons. The Morgan fingerprint density at radius 3 is 2.46 bits per heavy atom. The normalized spacial score (nSPS) is 21.2. The highest BCUT2D eigenvalue weighted by atomic mass is 32.2. The fourth-order valence-corrected chi connectivity index (χ4v) is 4.23. The molecule has 1 aromatic carbocycles. The van der Waals surface area contributed by atoms with E-state index in [-0.39, 0.29) is 22.4 Å². The van der Waals surface area contributed by atoms with E-state index in [4.69, 9.17) is 4.74 Å². The molecule has 156 valence electrons. The summed E-state index contributed by atoms with van der Waals surface area (Å²) in [5.41, 5.74) is 0.713. The summed E-state index contributed by atoms with van der Waals surface area (Å²) in [6.07, 6.45) is 3.29. The average Bonchev–Trinajstić information content (AvgIpc) is 2.63. The number of amides is 1. The van der Waals surface area contributed by atoms with Crippen LogP contribution in [-0.2, 0) is 19.6 Å². The predicted octanol–water partition coefficient (Wildman–Crippen LogP) is 2.49. The predicted molar refractivity (Wildman–Crippen MR) is 106 cm³/mol. The lowest BCUT2D eigenvalue weighted by atomic mass is 9.86. The number of benzene rings is 1. The van der Waals surface area contributed by atoms with E-state index in [2.05, 4.69) is 12.2 Å². The van der Waals surface area contributed by atoms with E-state index in [1.54, 1.807) is 13.0 Å². The zero-order chi connectivity index (χ0) is 21.1. The maximum atomic E-state index is 12.6. The van der Waals surface area contributed by atoms with Crippen molar-refractivity contribution in [2.75, 3.05) is 14.1 Å². The van der Waals surface area contributed by atoms with Crippen LogP contribution in [0.1, 0.15) is 55.5 Å². The Morgan fingerprint density at radius 2 is 1.86 bits per heavy atom. The number of sulfonamides is 1. The Morgan fingerprint density at radius 1 is 1.21 bits per heavy atom. The zero-order valence-electron chi connectivity index (χ0n) is 17.2. The molecule has 1 aliphatic carbocycles. The molecule has 0 aliphatic heterocycles. The van der Waals surface area contributed by atoms with E-state index in [9.17, 15) is 18.0 Å². The first-order chi connectivity index (χ1) is 13.0. The molecule has 0 unspecified atom stereocenters. The van der Waals surface area contributed by atoms with E-state index >= 15 is 0 Å². The minimum Gasteiger partial charge on any atom is -0.449 e. The maximum Gasteiger partial charge on any atom is 0.339 e. The van der Waals surface area contributed by atoms with E-state index in [1.165, 1.54) is 39.6 Å². The van der Waals surface area contributed by atoms with Gasteiger partial charge in [0, 0.05) is 20.1 Å². The third kappa shape index (κ3) is 5.11. The van der Waals surface area contributed by atoms with Crippen LogP contribution in [0.4, 0.5) is 0 Å². The molecule has 1 saturated carbocycles. The first kappa shape index (κ1) is 22.4. The monoisotopic (exact) mass is 410 g/mol. The first-order valence-electron chi connectivity index (χ1n) is 9.58. The molecule has 0 aromatic heterocycles. The van der Waals surface area contributed by atoms with Crippen LogP contribution in [-0.4, -0.2) is 50.8 Å². The largest absolute Gasteiger partial charge is 0.449 e. The number of esters is 1. The number of ether oxygens (including phenoxy) is 1. The van der Waals surface area contributed by atoms with E-state index in [1.807, 2.05) is 0 Å². The number of aryl methyl sites for hydroxylation is 1. The fourth-order valence-electron chi connectivity index (χ4n) is 3.30. The lowest BCUT2D eigenvalue weighted by Gasteiger charge is -2.30. The minimum atomic E-state index is -3.67. The van der Waals surface area contributed by atoms with Crippen molar-refractivity contribution in [3.63, 3.8) is 0 Å². The summed E-state index contributed by atoms with van der Waals surface area (Å²) in [6.45, 7) is 5.33. The number of hydrogen-bond donors (Lipinski definition) is 1. The van der Waals surface area contributed by atoms with Gasteiger partial charge >= 0.3 is 5.97 Å². The molecule has 8 heteroatoms. The molecule has 3 atom stereocenters. The van der Waals surface area contributed by atoms with Crippen LogP contribution in [0.5, 0.6) is 0 Å². The van der Waals surface area contributed by atoms with Crippen LogP contribution in [0.15, 0.2) is 23.1 Å². The Balaban J connectivity index is 2.10. The molecule has 0 heterocycles. The van der Waals surface area contributed by atoms with Crippen molar-refractivity contribution in [3.05, 3.63) is 29.3 Å². The molecule has 2 rings (SSSR count). The molecule has 1 N–H and O–H groups in total. The molecule has 28 heavy (non-hydrogen) atoms. The molecule has 0 spiro atoms. The minimum absolute atomic E-state index is 0.00295. The van der Waals surface area contributed by atoms with Crippen LogP contribution < -0.4 is 5.32 Å². The van der Waals surface area contributed by atoms with E-state index < -0.39 is 22.1 Å². The molecule has 1 aliphatic rings. The van der Waals surface area contributed by atoms with Crippen molar-refractivity contribution in [3.8, 4) is 0 Å². The van der Waals surface area contributed by atoms with Gasteiger partial charge in [0.2, 0.25) is 10.0 Å². The Bertz CT molecular complexity index is 835. The molecule has 1 fully saturated rings. The quantitative estimate of drug-likeness (QED) is 0.728. The summed E-state index contributed by atoms with van der Waals surface area (Å²) < 4.78 is 31.0. The molecule has 1 amide bonds. The van der Waals surface area contributed by atoms with E-state index in [0.29, 0.717) is 11.5 Å². The van der Waals surface area contributed by atoms with Crippen molar-refractivity contribution in [1.82, 2.24) is 9.62 Å². The van der Waals surface area contributed by atoms with Crippen molar-refractivity contribution >= 4 is 21.9 Å². The van der Waals surface area contributed by atoms with Crippen LogP contribution >= 0.6 is 0 Å². The smallest absolute Gasteiger partial charge is 0.339 e. The summed E-state index contributed by atoms with van der Waals surface area (Å²) >= 11 is 0. The van der Waals surface area contributed by atoms with Crippen molar-refractivity contribution in [2.45, 2.75) is 63.5 Å². The third-order valence-electron chi connectivity index (χ3n) is 5.30. The molecule has 0 bridgehead atoms. The first-order valence-corrected chi connectivity index (χ1v) is 11.0. The zero-order valence-corrected chi connectivity index (χ0v) is 18.0. The van der Waals surface area contributed by atoms with Gasteiger partial charge in [0.1, 0.15) is 0 Å². The highest BCUT2D eigenvalue weighted by molar-refractivity contribution is 7.89. The van der Waals surface area contributed by atoms with Crippen LogP contribution in [0, 0.1) is 12.8 Å². The summed E-state index contributed by atoms with van der Waals surface area (Å²) in [6, 6.07) is 4.39. The highest BCUT2D eigenvalue weighted by Crippen LogP contribution is 2.24. The van der Waals surface area contributed by atoms with Gasteiger partial charge in [-0.2, -0.15) is 0 Å². The second-order valence-corrected chi connectivity index (χ2v) is 9.84. The van der Waals surface area contributed by atoms with Gasteiger partial charge in [0.05, 0.1) is 10.5 Å². The highest BCUT2D eigenvalue weighted by Gasteiger charge is 2.27. The summed E-state index contributed by atoms with van der Waals surface area (Å²) in [7, 11) is -0.829.